The first-order valence-corrected chi connectivity index (χ1v) is 9.70. The largest absolute Gasteiger partial charge is 0.495 e. The van der Waals surface area contributed by atoms with E-state index in [0.29, 0.717) is 24.8 Å². The van der Waals surface area contributed by atoms with Gasteiger partial charge in [-0.1, -0.05) is 18.5 Å². The van der Waals surface area contributed by atoms with Gasteiger partial charge in [-0.05, 0) is 37.0 Å². The molecule has 5 nitrogen and oxygen atoms in total. The number of likely N-dealkylation sites (tertiary alicyclic amines) is 1. The lowest BCUT2D eigenvalue weighted by molar-refractivity contribution is -0.132. The summed E-state index contributed by atoms with van der Waals surface area (Å²) in [5, 5.41) is 0.241. The third kappa shape index (κ3) is 4.61. The van der Waals surface area contributed by atoms with Crippen LogP contribution in [0.1, 0.15) is 26.2 Å². The highest BCUT2D eigenvalue weighted by atomic mass is 35.5. The van der Waals surface area contributed by atoms with Crippen LogP contribution in [0.2, 0.25) is 5.02 Å². The van der Waals surface area contributed by atoms with Crippen molar-refractivity contribution in [2.24, 2.45) is 5.92 Å². The molecule has 23 heavy (non-hydrogen) atoms. The first-order chi connectivity index (χ1) is 10.8. The average molecular weight is 360 g/mol. The Morgan fingerprint density at radius 3 is 2.57 bits per heavy atom. The lowest BCUT2D eigenvalue weighted by Gasteiger charge is -2.30. The second kappa shape index (κ2) is 7.53. The Labute approximate surface area is 142 Å². The zero-order valence-corrected chi connectivity index (χ0v) is 15.0. The monoisotopic (exact) mass is 359 g/mol. The van der Waals surface area contributed by atoms with Crippen LogP contribution in [0.25, 0.3) is 0 Å². The van der Waals surface area contributed by atoms with Gasteiger partial charge in [0.25, 0.3) is 0 Å². The minimum atomic E-state index is -3.54. The Hall–Kier alpha value is -1.27. The summed E-state index contributed by atoms with van der Waals surface area (Å²) in [6.45, 7) is 3.60. The van der Waals surface area contributed by atoms with E-state index in [1.807, 2.05) is 0 Å². The number of benzene rings is 1. The Bertz CT molecular complexity index is 667. The van der Waals surface area contributed by atoms with Crippen LogP contribution in [-0.4, -0.2) is 45.2 Å². The fraction of sp³-hybridized carbons (Fsp3) is 0.562. The maximum Gasteiger partial charge on any atom is 0.223 e. The SMILES string of the molecule is COc1ccc(S(=O)(=O)CCC(=O)N2CCC(C)CC2)cc1Cl. The fourth-order valence-corrected chi connectivity index (χ4v) is 4.17. The second-order valence-corrected chi connectivity index (χ2v) is 8.44. The van der Waals surface area contributed by atoms with Gasteiger partial charge >= 0.3 is 0 Å². The number of methoxy groups -OCH3 is 1. The number of carbonyl (C=O) groups is 1. The number of nitrogens with zero attached hydrogens (tertiary/aromatic N) is 1. The van der Waals surface area contributed by atoms with Crippen molar-refractivity contribution < 1.29 is 17.9 Å². The van der Waals surface area contributed by atoms with Gasteiger partial charge in [0.05, 0.1) is 22.8 Å². The van der Waals surface area contributed by atoms with Crippen molar-refractivity contribution in [3.05, 3.63) is 23.2 Å². The van der Waals surface area contributed by atoms with Crippen LogP contribution in [-0.2, 0) is 14.6 Å². The molecule has 0 saturated carbocycles. The number of piperidine rings is 1. The number of ether oxygens (including phenoxy) is 1. The Kier molecular flexibility index (Phi) is 5.92. The molecule has 0 N–H and O–H groups in total. The van der Waals surface area contributed by atoms with Gasteiger partial charge in [-0.25, -0.2) is 8.42 Å². The van der Waals surface area contributed by atoms with Gasteiger partial charge in [0.1, 0.15) is 5.75 Å². The van der Waals surface area contributed by atoms with Gasteiger partial charge < -0.3 is 9.64 Å². The average Bonchev–Trinajstić information content (AvgIpc) is 2.53. The zero-order chi connectivity index (χ0) is 17.0. The van der Waals surface area contributed by atoms with Crippen LogP contribution in [0.3, 0.4) is 0 Å². The third-order valence-corrected chi connectivity index (χ3v) is 6.21. The highest BCUT2D eigenvalue weighted by Crippen LogP contribution is 2.27. The summed E-state index contributed by atoms with van der Waals surface area (Å²) in [4.78, 5) is 14.0. The van der Waals surface area contributed by atoms with Crippen molar-refractivity contribution in [1.29, 1.82) is 0 Å². The molecule has 1 aliphatic rings. The van der Waals surface area contributed by atoms with Gasteiger partial charge in [-0.15, -0.1) is 0 Å². The summed E-state index contributed by atoms with van der Waals surface area (Å²) in [6.07, 6.45) is 1.96. The zero-order valence-electron chi connectivity index (χ0n) is 13.4. The van der Waals surface area contributed by atoms with Crippen molar-refractivity contribution in [2.75, 3.05) is 26.0 Å². The van der Waals surface area contributed by atoms with E-state index in [1.54, 1.807) is 4.90 Å². The molecule has 0 aromatic heterocycles. The topological polar surface area (TPSA) is 63.7 Å². The molecule has 0 spiro atoms. The first-order valence-electron chi connectivity index (χ1n) is 7.67. The maximum atomic E-state index is 12.4. The van der Waals surface area contributed by atoms with Gasteiger partial charge in [-0.2, -0.15) is 0 Å². The molecule has 1 fully saturated rings. The summed E-state index contributed by atoms with van der Waals surface area (Å²) in [7, 11) is -2.07. The lowest BCUT2D eigenvalue weighted by Crippen LogP contribution is -2.38. The maximum absolute atomic E-state index is 12.4. The van der Waals surface area contributed by atoms with E-state index < -0.39 is 9.84 Å². The number of hydrogen-bond acceptors (Lipinski definition) is 4. The van der Waals surface area contributed by atoms with E-state index in [9.17, 15) is 13.2 Å². The molecular weight excluding hydrogens is 338 g/mol. The number of hydrogen-bond donors (Lipinski definition) is 0. The second-order valence-electron chi connectivity index (χ2n) is 5.93. The normalized spacial score (nSPS) is 16.4. The lowest BCUT2D eigenvalue weighted by atomic mass is 9.99. The number of rotatable bonds is 5. The van der Waals surface area contributed by atoms with Gasteiger partial charge in [0.2, 0.25) is 5.91 Å². The van der Waals surface area contributed by atoms with Crippen LogP contribution < -0.4 is 4.74 Å². The Morgan fingerprint density at radius 2 is 2.00 bits per heavy atom. The van der Waals surface area contributed by atoms with Crippen molar-refractivity contribution in [1.82, 2.24) is 4.90 Å². The highest BCUT2D eigenvalue weighted by molar-refractivity contribution is 7.91. The number of halogens is 1. The highest BCUT2D eigenvalue weighted by Gasteiger charge is 2.23. The molecule has 1 aliphatic heterocycles. The predicted molar refractivity (Wildman–Crippen MR) is 89.7 cm³/mol. The van der Waals surface area contributed by atoms with Crippen LogP contribution in [0.5, 0.6) is 5.75 Å². The molecule has 0 atom stereocenters. The van der Waals surface area contributed by atoms with E-state index in [-0.39, 0.29) is 28.0 Å². The molecule has 0 bridgehead atoms. The molecule has 1 heterocycles. The van der Waals surface area contributed by atoms with Crippen molar-refractivity contribution in [2.45, 2.75) is 31.1 Å². The van der Waals surface area contributed by atoms with Crippen molar-refractivity contribution in [3.63, 3.8) is 0 Å². The first kappa shape index (κ1) is 18.1. The summed E-state index contributed by atoms with van der Waals surface area (Å²) in [5.41, 5.74) is 0. The molecule has 1 aromatic carbocycles. The molecule has 1 amide bonds. The molecule has 7 heteroatoms. The summed E-state index contributed by atoms with van der Waals surface area (Å²) < 4.78 is 29.7. The Morgan fingerprint density at radius 1 is 1.35 bits per heavy atom. The molecule has 128 valence electrons. The van der Waals surface area contributed by atoms with E-state index in [0.717, 1.165) is 12.8 Å². The van der Waals surface area contributed by atoms with Crippen LogP contribution in [0, 0.1) is 5.92 Å². The van der Waals surface area contributed by atoms with Crippen LogP contribution >= 0.6 is 11.6 Å². The summed E-state index contributed by atoms with van der Waals surface area (Å²) in [5.74, 6) is 0.744. The van der Waals surface area contributed by atoms with Gasteiger partial charge in [0, 0.05) is 19.5 Å². The summed E-state index contributed by atoms with van der Waals surface area (Å²) >= 11 is 5.97. The molecule has 0 unspecified atom stereocenters. The van der Waals surface area contributed by atoms with E-state index in [4.69, 9.17) is 16.3 Å². The minimum Gasteiger partial charge on any atom is -0.495 e. The molecule has 0 radical (unpaired) electrons. The van der Waals surface area contributed by atoms with Crippen molar-refractivity contribution in [3.8, 4) is 5.75 Å². The van der Waals surface area contributed by atoms with E-state index in [1.165, 1.54) is 25.3 Å². The smallest absolute Gasteiger partial charge is 0.223 e. The number of carbonyl (C=O) groups excluding carboxylic acids is 1. The number of amides is 1. The fourth-order valence-electron chi connectivity index (χ4n) is 2.60. The molecular formula is C16H22ClNO4S. The predicted octanol–water partition coefficient (Wildman–Crippen LogP) is 2.77. The molecule has 1 aromatic rings. The van der Waals surface area contributed by atoms with E-state index >= 15 is 0 Å². The number of sulfone groups is 1. The third-order valence-electron chi connectivity index (χ3n) is 4.20. The molecule has 1 saturated heterocycles. The molecule has 0 aliphatic carbocycles. The standard InChI is InChI=1S/C16H22ClNO4S/c1-12-5-8-18(9-6-12)16(19)7-10-23(20,21)13-3-4-15(22-2)14(17)11-13/h3-4,11-12H,5-10H2,1-2H3. The Balaban J connectivity index is 1.98. The van der Waals surface area contributed by atoms with Crippen LogP contribution in [0.4, 0.5) is 0 Å². The summed E-state index contributed by atoms with van der Waals surface area (Å²) in [6, 6.07) is 4.33. The van der Waals surface area contributed by atoms with Crippen molar-refractivity contribution >= 4 is 27.3 Å². The molecule has 2 rings (SSSR count). The van der Waals surface area contributed by atoms with Gasteiger partial charge in [-0.3, -0.25) is 4.79 Å². The quantitative estimate of drug-likeness (QED) is 0.810. The van der Waals surface area contributed by atoms with Crippen LogP contribution in [0.15, 0.2) is 23.1 Å². The minimum absolute atomic E-state index is 0.000360. The van der Waals surface area contributed by atoms with Gasteiger partial charge in [0.15, 0.2) is 9.84 Å². The van der Waals surface area contributed by atoms with E-state index in [2.05, 4.69) is 6.92 Å².